The minimum Gasteiger partial charge on any atom is -0.394 e. The van der Waals surface area contributed by atoms with E-state index < -0.39 is 58.1 Å². The van der Waals surface area contributed by atoms with Gasteiger partial charge in [0.2, 0.25) is 0 Å². The summed E-state index contributed by atoms with van der Waals surface area (Å²) >= 11 is 0. The molecular formula is C10H8F17NO6S. The van der Waals surface area contributed by atoms with Gasteiger partial charge in [-0.05, 0) is 0 Å². The van der Waals surface area contributed by atoms with Gasteiger partial charge in [0.25, 0.3) is 0 Å². The zero-order valence-electron chi connectivity index (χ0n) is 15.4. The van der Waals surface area contributed by atoms with Gasteiger partial charge in [-0.3, -0.25) is 5.26 Å². The highest BCUT2D eigenvalue weighted by Gasteiger charge is 2.95. The van der Waals surface area contributed by atoms with Crippen molar-refractivity contribution in [2.24, 2.45) is 5.14 Å². The lowest BCUT2D eigenvalue weighted by Gasteiger charge is -2.42. The lowest BCUT2D eigenvalue weighted by atomic mass is 9.91. The maximum atomic E-state index is 13.1. The van der Waals surface area contributed by atoms with Gasteiger partial charge < -0.3 is 5.11 Å². The smallest absolute Gasteiger partial charge is 0.394 e. The maximum Gasteiger partial charge on any atom is 0.460 e. The van der Waals surface area contributed by atoms with Crippen molar-refractivity contribution in [3.05, 3.63) is 0 Å². The van der Waals surface area contributed by atoms with Crippen LogP contribution in [-0.2, 0) is 19.4 Å². The lowest BCUT2D eigenvalue weighted by molar-refractivity contribution is -0.471. The minimum absolute atomic E-state index is 0. The van der Waals surface area contributed by atoms with Crippen LogP contribution in [0.5, 0.6) is 0 Å². The molecule has 0 amide bonds. The van der Waals surface area contributed by atoms with E-state index >= 15 is 0 Å². The zero-order chi connectivity index (χ0) is 29.3. The largest absolute Gasteiger partial charge is 0.460 e. The first-order valence-electron chi connectivity index (χ1n) is 7.19. The van der Waals surface area contributed by atoms with Crippen molar-refractivity contribution in [2.75, 3.05) is 13.2 Å². The Hall–Kier alpha value is -1.44. The average molecular weight is 593 g/mol. The highest BCUT2D eigenvalue weighted by molar-refractivity contribution is 7.84. The number of alkyl halides is 17. The van der Waals surface area contributed by atoms with E-state index in [1.165, 1.54) is 0 Å². The van der Waals surface area contributed by atoms with Crippen molar-refractivity contribution >= 4 is 10.3 Å². The zero-order valence-corrected chi connectivity index (χ0v) is 16.2. The van der Waals surface area contributed by atoms with Gasteiger partial charge in [0.1, 0.15) is 6.61 Å². The molecule has 0 aromatic carbocycles. The normalized spacial score (nSPS) is 15.5. The summed E-state index contributed by atoms with van der Waals surface area (Å²) in [4.78, 5) is 3.44. The van der Waals surface area contributed by atoms with E-state index in [0.29, 0.717) is 0 Å². The number of hydrogen-bond donors (Lipinski definition) is 3. The second kappa shape index (κ2) is 10.1. The molecule has 0 saturated carbocycles. The fourth-order valence-electron chi connectivity index (χ4n) is 1.39. The molecule has 0 bridgehead atoms. The number of hydrogen-bond acceptors (Lipinski definition) is 6. The molecule has 0 rings (SSSR count). The third-order valence-electron chi connectivity index (χ3n) is 3.10. The van der Waals surface area contributed by atoms with E-state index in [-0.39, 0.29) is 13.2 Å². The van der Waals surface area contributed by atoms with Crippen LogP contribution < -0.4 is 5.14 Å². The number of rotatable bonds is 10. The third kappa shape index (κ3) is 6.28. The van der Waals surface area contributed by atoms with Gasteiger partial charge in [0.05, 0.1) is 6.61 Å². The van der Waals surface area contributed by atoms with E-state index in [2.05, 4.69) is 10.0 Å². The van der Waals surface area contributed by atoms with Crippen LogP contribution in [0.15, 0.2) is 0 Å². The van der Waals surface area contributed by atoms with Gasteiger partial charge in [0.15, 0.2) is 0 Å². The van der Waals surface area contributed by atoms with Crippen molar-refractivity contribution in [2.45, 2.75) is 47.8 Å². The summed E-state index contributed by atoms with van der Waals surface area (Å²) in [5.41, 5.74) is 0. The average Bonchev–Trinajstić information content (AvgIpc) is 2.58. The quantitative estimate of drug-likeness (QED) is 0.202. The Balaban J connectivity index is 0. The van der Waals surface area contributed by atoms with E-state index in [9.17, 15) is 83.1 Å². The molecule has 0 radical (unpaired) electrons. The molecule has 0 aromatic heterocycles. The van der Waals surface area contributed by atoms with E-state index in [0.717, 1.165) is 0 Å². The van der Waals surface area contributed by atoms with Crippen molar-refractivity contribution in [1.29, 1.82) is 0 Å². The maximum absolute atomic E-state index is 13.1. The Kier molecular flexibility index (Phi) is 10.3. The van der Waals surface area contributed by atoms with Gasteiger partial charge in [-0.15, -0.1) is 0 Å². The van der Waals surface area contributed by atoms with Gasteiger partial charge in [0, 0.05) is 0 Å². The van der Waals surface area contributed by atoms with Crippen molar-refractivity contribution < 1.29 is 102 Å². The number of nitrogens with two attached hydrogens (primary N) is 1. The molecule has 0 saturated heterocycles. The molecule has 0 aromatic rings. The van der Waals surface area contributed by atoms with Gasteiger partial charge in [-0.1, -0.05) is 0 Å². The monoisotopic (exact) mass is 593 g/mol. The summed E-state index contributed by atoms with van der Waals surface area (Å²) in [5.74, 6) is -51.5. The molecular weight excluding hydrogens is 585 g/mol. The van der Waals surface area contributed by atoms with Crippen LogP contribution >= 0.6 is 0 Å². The predicted molar refractivity (Wildman–Crippen MR) is 70.5 cm³/mol. The fraction of sp³-hybridized carbons (Fsp3) is 1.00. The summed E-state index contributed by atoms with van der Waals surface area (Å²) in [6, 6.07) is 0. The molecule has 0 heterocycles. The Labute approximate surface area is 180 Å². The summed E-state index contributed by atoms with van der Waals surface area (Å²) < 4.78 is 238. The molecule has 7 nitrogen and oxygen atoms in total. The molecule has 35 heavy (non-hydrogen) atoms. The Morgan fingerprint density at radius 3 is 1.09 bits per heavy atom. The van der Waals surface area contributed by atoms with Crippen molar-refractivity contribution in [3.63, 3.8) is 0 Å². The highest BCUT2D eigenvalue weighted by Crippen LogP contribution is 2.64. The van der Waals surface area contributed by atoms with Crippen LogP contribution in [0.4, 0.5) is 74.6 Å². The molecule has 214 valence electrons. The molecule has 0 aliphatic carbocycles. The Morgan fingerprint density at radius 2 is 0.886 bits per heavy atom. The summed E-state index contributed by atoms with van der Waals surface area (Å²) in [6.45, 7) is -0.128. The fourth-order valence-corrected chi connectivity index (χ4v) is 1.78. The number of halogens is 17. The number of aliphatic hydroxyl groups is 1. The second-order valence-electron chi connectivity index (χ2n) is 5.59. The van der Waals surface area contributed by atoms with Crippen LogP contribution in [0.3, 0.4) is 0 Å². The van der Waals surface area contributed by atoms with Crippen LogP contribution in [0.25, 0.3) is 0 Å². The molecule has 25 heteroatoms. The summed E-state index contributed by atoms with van der Waals surface area (Å²) in [5, 5.41) is 18.7. The Morgan fingerprint density at radius 1 is 0.600 bits per heavy atom. The molecule has 0 atom stereocenters. The lowest BCUT2D eigenvalue weighted by Crippen LogP contribution is -2.74. The Bertz CT molecular complexity index is 809. The molecule has 0 unspecified atom stereocenters. The topological polar surface area (TPSA) is 119 Å². The molecule has 4 N–H and O–H groups in total. The van der Waals surface area contributed by atoms with E-state index in [4.69, 9.17) is 10.4 Å². The molecule has 0 fully saturated rings. The van der Waals surface area contributed by atoms with Gasteiger partial charge in [-0.2, -0.15) is 87.2 Å². The SMILES string of the molecule is NS(=O)(=O)OC(F)(F)C(F)(F)C(F)(F)C(F)(F)C(F)(F)C(F)(F)C(F)(F)C(F)(F)F.OCCOO. The van der Waals surface area contributed by atoms with Gasteiger partial charge >= 0.3 is 58.1 Å². The second-order valence-corrected chi connectivity index (χ2v) is 6.75. The standard InChI is InChI=1S/C8H2F17NO3S.C2H6O3/c9-1(10,3(13,14)5(17,18)7(21,22)23)2(11,12)4(15,16)6(19,20)8(24,25)29-30(26,27)28;3-1-2-5-4/h(H2,26,27,28);3-4H,1-2H2. The predicted octanol–water partition coefficient (Wildman–Crippen LogP) is 3.64. The molecule has 0 spiro atoms. The van der Waals surface area contributed by atoms with E-state index in [1.807, 2.05) is 0 Å². The van der Waals surface area contributed by atoms with Crippen molar-refractivity contribution in [1.82, 2.24) is 0 Å². The van der Waals surface area contributed by atoms with E-state index in [1.54, 1.807) is 4.18 Å². The van der Waals surface area contributed by atoms with Crippen LogP contribution in [0.1, 0.15) is 0 Å². The first-order chi connectivity index (χ1) is 14.9. The summed E-state index contributed by atoms with van der Waals surface area (Å²) in [7, 11) is -6.49. The first kappa shape index (κ1) is 35.7. The van der Waals surface area contributed by atoms with Crippen LogP contribution in [-0.4, -0.2) is 79.8 Å². The number of aliphatic hydroxyl groups excluding tert-OH is 1. The van der Waals surface area contributed by atoms with Crippen molar-refractivity contribution in [3.8, 4) is 0 Å². The molecule has 0 aliphatic heterocycles. The highest BCUT2D eigenvalue weighted by atomic mass is 32.2. The minimum atomic E-state index is -8.83. The third-order valence-corrected chi connectivity index (χ3v) is 3.54. The molecule has 0 aliphatic rings. The van der Waals surface area contributed by atoms with Crippen LogP contribution in [0, 0.1) is 0 Å². The first-order valence-corrected chi connectivity index (χ1v) is 8.66. The summed E-state index contributed by atoms with van der Waals surface area (Å²) in [6.07, 6.45) is -15.4. The van der Waals surface area contributed by atoms with Crippen LogP contribution in [0.2, 0.25) is 0 Å². The van der Waals surface area contributed by atoms with Gasteiger partial charge in [-0.25, -0.2) is 10.0 Å².